The van der Waals surface area contributed by atoms with Crippen molar-refractivity contribution in [2.24, 2.45) is 11.1 Å². The van der Waals surface area contributed by atoms with Crippen LogP contribution in [-0.2, 0) is 11.3 Å². The van der Waals surface area contributed by atoms with Crippen LogP contribution in [-0.4, -0.2) is 32.9 Å². The van der Waals surface area contributed by atoms with E-state index >= 15 is 0 Å². The Labute approximate surface area is 115 Å². The van der Waals surface area contributed by atoms with E-state index < -0.39 is 0 Å². The van der Waals surface area contributed by atoms with Crippen molar-refractivity contribution in [3.63, 3.8) is 0 Å². The molecule has 0 amide bonds. The number of hydrogen-bond acceptors (Lipinski definition) is 4. The number of benzene rings is 1. The van der Waals surface area contributed by atoms with Gasteiger partial charge in [-0.25, -0.2) is 0 Å². The zero-order valence-corrected chi connectivity index (χ0v) is 11.9. The molecule has 19 heavy (non-hydrogen) atoms. The van der Waals surface area contributed by atoms with Gasteiger partial charge in [-0.15, -0.1) is 0 Å². The molecule has 3 N–H and O–H groups in total. The minimum atomic E-state index is 0.153. The van der Waals surface area contributed by atoms with Crippen molar-refractivity contribution in [1.29, 1.82) is 0 Å². The Hall–Kier alpha value is -1.10. The summed E-state index contributed by atoms with van der Waals surface area (Å²) in [6.45, 7) is 8.79. The molecule has 1 aliphatic heterocycles. The predicted octanol–water partition coefficient (Wildman–Crippen LogP) is 1.46. The fraction of sp³-hybridized carbons (Fsp3) is 0.600. The fourth-order valence-corrected chi connectivity index (χ4v) is 2.29. The molecular formula is C15H24N2O2. The van der Waals surface area contributed by atoms with Crippen molar-refractivity contribution >= 4 is 0 Å². The third-order valence-electron chi connectivity index (χ3n) is 3.62. The first-order valence-corrected chi connectivity index (χ1v) is 6.90. The van der Waals surface area contributed by atoms with Gasteiger partial charge in [-0.3, -0.25) is 0 Å². The Morgan fingerprint density at radius 3 is 2.74 bits per heavy atom. The molecular weight excluding hydrogens is 240 g/mol. The molecule has 1 aromatic rings. The second-order valence-electron chi connectivity index (χ2n) is 5.33. The van der Waals surface area contributed by atoms with Crippen LogP contribution in [0.2, 0.25) is 0 Å². The molecule has 1 saturated heterocycles. The molecule has 0 spiro atoms. The molecule has 4 nitrogen and oxygen atoms in total. The number of ether oxygens (including phenoxy) is 2. The van der Waals surface area contributed by atoms with Gasteiger partial charge >= 0.3 is 0 Å². The van der Waals surface area contributed by atoms with Crippen molar-refractivity contribution in [2.45, 2.75) is 20.4 Å². The lowest BCUT2D eigenvalue weighted by molar-refractivity contribution is -0.105. The van der Waals surface area contributed by atoms with Crippen LogP contribution >= 0.6 is 0 Å². The third-order valence-corrected chi connectivity index (χ3v) is 3.62. The zero-order chi connectivity index (χ0) is 13.7. The molecule has 1 aliphatic rings. The van der Waals surface area contributed by atoms with Crippen LogP contribution in [0.5, 0.6) is 5.75 Å². The number of aryl methyl sites for hydroxylation is 1. The summed E-state index contributed by atoms with van der Waals surface area (Å²) in [4.78, 5) is 0. The van der Waals surface area contributed by atoms with Crippen LogP contribution in [0.4, 0.5) is 0 Å². The molecule has 0 saturated carbocycles. The summed E-state index contributed by atoms with van der Waals surface area (Å²) in [5, 5.41) is 3.47. The van der Waals surface area contributed by atoms with E-state index in [-0.39, 0.29) is 5.41 Å². The highest BCUT2D eigenvalue weighted by molar-refractivity contribution is 5.36. The van der Waals surface area contributed by atoms with Gasteiger partial charge < -0.3 is 20.5 Å². The van der Waals surface area contributed by atoms with Gasteiger partial charge in [0.2, 0.25) is 0 Å². The quantitative estimate of drug-likeness (QED) is 0.783. The third kappa shape index (κ3) is 3.47. The van der Waals surface area contributed by atoms with Crippen LogP contribution in [0, 0.1) is 12.3 Å². The topological polar surface area (TPSA) is 56.5 Å². The molecule has 0 aromatic heterocycles. The van der Waals surface area contributed by atoms with Gasteiger partial charge in [0.05, 0.1) is 19.8 Å². The molecule has 106 valence electrons. The SMILES string of the molecule is CCOc1ccc(CNCC2(CN)COC2)cc1C. The van der Waals surface area contributed by atoms with E-state index in [0.29, 0.717) is 13.2 Å². The first-order valence-electron chi connectivity index (χ1n) is 6.90. The van der Waals surface area contributed by atoms with Gasteiger partial charge in [0.1, 0.15) is 5.75 Å². The van der Waals surface area contributed by atoms with Crippen LogP contribution in [0.1, 0.15) is 18.1 Å². The summed E-state index contributed by atoms with van der Waals surface area (Å²) in [7, 11) is 0. The standard InChI is InChI=1S/C15H24N2O2/c1-3-19-14-5-4-13(6-12(14)2)7-17-9-15(8-16)10-18-11-15/h4-6,17H,3,7-11,16H2,1-2H3. The molecule has 4 heteroatoms. The lowest BCUT2D eigenvalue weighted by atomic mass is 9.86. The van der Waals surface area contributed by atoms with Gasteiger partial charge in [-0.1, -0.05) is 12.1 Å². The summed E-state index contributed by atoms with van der Waals surface area (Å²) in [5.41, 5.74) is 8.40. The first kappa shape index (κ1) is 14.3. The average Bonchev–Trinajstić information content (AvgIpc) is 2.36. The van der Waals surface area contributed by atoms with E-state index in [1.54, 1.807) is 0 Å². The summed E-state index contributed by atoms with van der Waals surface area (Å²) >= 11 is 0. The van der Waals surface area contributed by atoms with Crippen molar-refractivity contribution in [3.05, 3.63) is 29.3 Å². The molecule has 2 rings (SSSR count). The van der Waals surface area contributed by atoms with E-state index in [9.17, 15) is 0 Å². The van der Waals surface area contributed by atoms with Crippen molar-refractivity contribution in [1.82, 2.24) is 5.32 Å². The molecule has 1 aromatic carbocycles. The Morgan fingerprint density at radius 1 is 1.42 bits per heavy atom. The smallest absolute Gasteiger partial charge is 0.122 e. The summed E-state index contributed by atoms with van der Waals surface area (Å²) in [6, 6.07) is 6.32. The van der Waals surface area contributed by atoms with E-state index in [1.165, 1.54) is 11.1 Å². The molecule has 0 unspecified atom stereocenters. The molecule has 0 aliphatic carbocycles. The van der Waals surface area contributed by atoms with E-state index in [0.717, 1.165) is 32.1 Å². The molecule has 1 heterocycles. The van der Waals surface area contributed by atoms with Gasteiger partial charge in [0.15, 0.2) is 0 Å². The average molecular weight is 264 g/mol. The fourth-order valence-electron chi connectivity index (χ4n) is 2.29. The van der Waals surface area contributed by atoms with Crippen LogP contribution in [0.3, 0.4) is 0 Å². The molecule has 0 bridgehead atoms. The van der Waals surface area contributed by atoms with Crippen molar-refractivity contribution in [3.8, 4) is 5.75 Å². The largest absolute Gasteiger partial charge is 0.494 e. The van der Waals surface area contributed by atoms with Crippen LogP contribution in [0.25, 0.3) is 0 Å². The highest BCUT2D eigenvalue weighted by Gasteiger charge is 2.36. The Morgan fingerprint density at radius 2 is 2.21 bits per heavy atom. The molecule has 0 atom stereocenters. The highest BCUT2D eigenvalue weighted by Crippen LogP contribution is 2.25. The minimum absolute atomic E-state index is 0.153. The maximum atomic E-state index is 5.79. The Kier molecular flexibility index (Phi) is 4.80. The van der Waals surface area contributed by atoms with Gasteiger partial charge in [-0.2, -0.15) is 0 Å². The maximum absolute atomic E-state index is 5.79. The molecule has 0 radical (unpaired) electrons. The van der Waals surface area contributed by atoms with Gasteiger partial charge in [0, 0.05) is 25.0 Å². The normalized spacial score (nSPS) is 17.0. The van der Waals surface area contributed by atoms with E-state index in [4.69, 9.17) is 15.2 Å². The number of nitrogens with one attached hydrogen (secondary N) is 1. The summed E-state index contributed by atoms with van der Waals surface area (Å²) in [6.07, 6.45) is 0. The monoisotopic (exact) mass is 264 g/mol. The van der Waals surface area contributed by atoms with Gasteiger partial charge in [0.25, 0.3) is 0 Å². The number of hydrogen-bond donors (Lipinski definition) is 2. The lowest BCUT2D eigenvalue weighted by Gasteiger charge is -2.40. The Bertz CT molecular complexity index is 411. The van der Waals surface area contributed by atoms with E-state index in [2.05, 4.69) is 24.4 Å². The minimum Gasteiger partial charge on any atom is -0.494 e. The van der Waals surface area contributed by atoms with Crippen molar-refractivity contribution < 1.29 is 9.47 Å². The van der Waals surface area contributed by atoms with E-state index in [1.807, 2.05) is 13.0 Å². The second-order valence-corrected chi connectivity index (χ2v) is 5.33. The highest BCUT2D eigenvalue weighted by atomic mass is 16.5. The zero-order valence-electron chi connectivity index (χ0n) is 11.9. The number of nitrogens with two attached hydrogens (primary N) is 1. The predicted molar refractivity (Wildman–Crippen MR) is 76.4 cm³/mol. The summed E-state index contributed by atoms with van der Waals surface area (Å²) < 4.78 is 10.8. The van der Waals surface area contributed by atoms with Gasteiger partial charge in [-0.05, 0) is 31.0 Å². The summed E-state index contributed by atoms with van der Waals surface area (Å²) in [5.74, 6) is 0.970. The lowest BCUT2D eigenvalue weighted by Crippen LogP contribution is -2.54. The van der Waals surface area contributed by atoms with Crippen LogP contribution in [0.15, 0.2) is 18.2 Å². The second kappa shape index (κ2) is 6.37. The number of rotatable bonds is 7. The van der Waals surface area contributed by atoms with Crippen molar-refractivity contribution in [2.75, 3.05) is 32.9 Å². The van der Waals surface area contributed by atoms with Crippen LogP contribution < -0.4 is 15.8 Å². The first-order chi connectivity index (χ1) is 9.19. The molecule has 1 fully saturated rings. The Balaban J connectivity index is 1.84. The maximum Gasteiger partial charge on any atom is 0.122 e.